The van der Waals surface area contributed by atoms with Gasteiger partial charge in [-0.05, 0) is 31.7 Å². The Morgan fingerprint density at radius 1 is 1.40 bits per heavy atom. The molecular weight excluding hydrogens is 264 g/mol. The first kappa shape index (κ1) is 14.0. The zero-order valence-corrected chi connectivity index (χ0v) is 10.8. The van der Waals surface area contributed by atoms with E-state index in [4.69, 9.17) is 0 Å². The quantitative estimate of drug-likeness (QED) is 0.627. The molecule has 0 aliphatic heterocycles. The Labute approximate surface area is 114 Å². The second-order valence-corrected chi connectivity index (χ2v) is 5.01. The van der Waals surface area contributed by atoms with E-state index < -0.39 is 22.3 Å². The van der Waals surface area contributed by atoms with Gasteiger partial charge in [-0.2, -0.15) is 0 Å². The summed E-state index contributed by atoms with van der Waals surface area (Å²) in [5.74, 6) is -2.01. The Morgan fingerprint density at radius 2 is 2.00 bits per heavy atom. The molecule has 2 rings (SSSR count). The van der Waals surface area contributed by atoms with Crippen molar-refractivity contribution in [1.29, 1.82) is 0 Å². The Hall–Kier alpha value is -2.44. The van der Waals surface area contributed by atoms with Crippen molar-refractivity contribution in [3.8, 4) is 0 Å². The van der Waals surface area contributed by atoms with Gasteiger partial charge in [-0.1, -0.05) is 12.1 Å². The van der Waals surface area contributed by atoms with Crippen LogP contribution in [0.4, 0.5) is 5.69 Å². The van der Waals surface area contributed by atoms with E-state index in [1.807, 2.05) is 0 Å². The lowest BCUT2D eigenvalue weighted by molar-refractivity contribution is -0.385. The first-order chi connectivity index (χ1) is 9.36. The van der Waals surface area contributed by atoms with Gasteiger partial charge >= 0.3 is 5.97 Å². The summed E-state index contributed by atoms with van der Waals surface area (Å²) in [6.07, 6.45) is 1.44. The summed E-state index contributed by atoms with van der Waals surface area (Å²) >= 11 is 0. The minimum atomic E-state index is -1.39. The zero-order valence-electron chi connectivity index (χ0n) is 10.8. The molecule has 0 bridgehead atoms. The SMILES string of the molecule is CC(NC(=O)c1ccccc1[N+](=O)[O-])(C(=O)O)C1CC1. The number of carboxylic acid groups (broad SMARTS) is 1. The van der Waals surface area contributed by atoms with Crippen LogP contribution in [0.1, 0.15) is 30.1 Å². The van der Waals surface area contributed by atoms with Gasteiger partial charge in [-0.3, -0.25) is 14.9 Å². The van der Waals surface area contributed by atoms with Crippen LogP contribution in [0.3, 0.4) is 0 Å². The first-order valence-corrected chi connectivity index (χ1v) is 6.15. The van der Waals surface area contributed by atoms with Crippen LogP contribution in [-0.4, -0.2) is 27.4 Å². The summed E-state index contributed by atoms with van der Waals surface area (Å²) < 4.78 is 0. The number of nitro groups is 1. The predicted molar refractivity (Wildman–Crippen MR) is 69.3 cm³/mol. The highest BCUT2D eigenvalue weighted by Crippen LogP contribution is 2.40. The fourth-order valence-corrected chi connectivity index (χ4v) is 2.12. The molecule has 0 heterocycles. The molecule has 7 heteroatoms. The van der Waals surface area contributed by atoms with Crippen LogP contribution in [-0.2, 0) is 4.79 Å². The van der Waals surface area contributed by atoms with Crippen LogP contribution in [0.5, 0.6) is 0 Å². The van der Waals surface area contributed by atoms with E-state index in [-0.39, 0.29) is 17.2 Å². The third kappa shape index (κ3) is 2.47. The van der Waals surface area contributed by atoms with Gasteiger partial charge in [0.1, 0.15) is 11.1 Å². The number of carboxylic acids is 1. The second kappa shape index (κ2) is 4.92. The average Bonchev–Trinajstić information content (AvgIpc) is 3.22. The summed E-state index contributed by atoms with van der Waals surface area (Å²) in [5, 5.41) is 22.6. The van der Waals surface area contributed by atoms with E-state index in [9.17, 15) is 24.8 Å². The van der Waals surface area contributed by atoms with Gasteiger partial charge in [0.05, 0.1) is 4.92 Å². The van der Waals surface area contributed by atoms with Gasteiger partial charge in [-0.15, -0.1) is 0 Å². The number of para-hydroxylation sites is 1. The molecule has 1 amide bonds. The van der Waals surface area contributed by atoms with Crippen molar-refractivity contribution < 1.29 is 19.6 Å². The highest BCUT2D eigenvalue weighted by Gasteiger charge is 2.49. The fourth-order valence-electron chi connectivity index (χ4n) is 2.12. The molecule has 0 aromatic heterocycles. The summed E-state index contributed by atoms with van der Waals surface area (Å²) in [6.45, 7) is 1.43. The van der Waals surface area contributed by atoms with Crippen molar-refractivity contribution in [3.05, 3.63) is 39.9 Å². The number of hydrogen-bond acceptors (Lipinski definition) is 4. The Kier molecular flexibility index (Phi) is 3.44. The predicted octanol–water partition coefficient (Wildman–Crippen LogP) is 1.58. The molecule has 1 unspecified atom stereocenters. The number of nitrogens with one attached hydrogen (secondary N) is 1. The number of nitrogens with zero attached hydrogens (tertiary/aromatic N) is 1. The Balaban J connectivity index is 2.28. The van der Waals surface area contributed by atoms with Crippen molar-refractivity contribution in [2.24, 2.45) is 5.92 Å². The van der Waals surface area contributed by atoms with E-state index in [1.54, 1.807) is 0 Å². The smallest absolute Gasteiger partial charge is 0.329 e. The number of carbonyl (C=O) groups is 2. The standard InChI is InChI=1S/C13H14N2O5/c1-13(12(17)18,8-6-7-8)14-11(16)9-4-2-3-5-10(9)15(19)20/h2-5,8H,6-7H2,1H3,(H,14,16)(H,17,18). The monoisotopic (exact) mass is 278 g/mol. The molecule has 1 aliphatic carbocycles. The number of aliphatic carboxylic acids is 1. The van der Waals surface area contributed by atoms with Crippen LogP contribution in [0.25, 0.3) is 0 Å². The number of benzene rings is 1. The molecule has 7 nitrogen and oxygen atoms in total. The lowest BCUT2D eigenvalue weighted by Gasteiger charge is -2.26. The van der Waals surface area contributed by atoms with E-state index in [1.165, 1.54) is 31.2 Å². The highest BCUT2D eigenvalue weighted by molar-refractivity contribution is 6.01. The lowest BCUT2D eigenvalue weighted by atomic mass is 9.95. The van der Waals surface area contributed by atoms with Gasteiger partial charge in [0.2, 0.25) is 0 Å². The molecule has 1 saturated carbocycles. The summed E-state index contributed by atoms with van der Waals surface area (Å²) in [4.78, 5) is 33.7. The van der Waals surface area contributed by atoms with Crippen molar-refractivity contribution >= 4 is 17.6 Å². The van der Waals surface area contributed by atoms with Gasteiger partial charge in [0, 0.05) is 6.07 Å². The van der Waals surface area contributed by atoms with Crippen LogP contribution >= 0.6 is 0 Å². The van der Waals surface area contributed by atoms with E-state index >= 15 is 0 Å². The maximum Gasteiger partial charge on any atom is 0.329 e. The van der Waals surface area contributed by atoms with Gasteiger partial charge in [0.25, 0.3) is 11.6 Å². The molecule has 20 heavy (non-hydrogen) atoms. The maximum atomic E-state index is 12.1. The number of rotatable bonds is 5. The number of carbonyl (C=O) groups excluding carboxylic acids is 1. The normalized spacial score (nSPS) is 17.1. The van der Waals surface area contributed by atoms with Crippen molar-refractivity contribution in [2.45, 2.75) is 25.3 Å². The van der Waals surface area contributed by atoms with Crippen LogP contribution < -0.4 is 5.32 Å². The molecule has 0 spiro atoms. The molecule has 106 valence electrons. The topological polar surface area (TPSA) is 110 Å². The minimum Gasteiger partial charge on any atom is -0.480 e. The second-order valence-electron chi connectivity index (χ2n) is 5.01. The maximum absolute atomic E-state index is 12.1. The third-order valence-corrected chi connectivity index (χ3v) is 3.56. The molecular formula is C13H14N2O5. The minimum absolute atomic E-state index is 0.133. The van der Waals surface area contributed by atoms with Crippen LogP contribution in [0.2, 0.25) is 0 Å². The van der Waals surface area contributed by atoms with E-state index in [0.29, 0.717) is 0 Å². The molecule has 1 aromatic carbocycles. The molecule has 1 aromatic rings. The first-order valence-electron chi connectivity index (χ1n) is 6.15. The Morgan fingerprint density at radius 3 is 2.50 bits per heavy atom. The van der Waals surface area contributed by atoms with E-state index in [2.05, 4.69) is 5.32 Å². The summed E-state index contributed by atoms with van der Waals surface area (Å²) in [7, 11) is 0. The van der Waals surface area contributed by atoms with Crippen LogP contribution in [0, 0.1) is 16.0 Å². The van der Waals surface area contributed by atoms with Gasteiger partial charge < -0.3 is 10.4 Å². The van der Waals surface area contributed by atoms with Crippen molar-refractivity contribution in [2.75, 3.05) is 0 Å². The van der Waals surface area contributed by atoms with Gasteiger partial charge in [0.15, 0.2) is 0 Å². The third-order valence-electron chi connectivity index (χ3n) is 3.56. The average molecular weight is 278 g/mol. The molecule has 0 saturated heterocycles. The van der Waals surface area contributed by atoms with Crippen molar-refractivity contribution in [3.63, 3.8) is 0 Å². The molecule has 2 N–H and O–H groups in total. The fraction of sp³-hybridized carbons (Fsp3) is 0.385. The molecule has 1 aliphatic rings. The molecule has 1 fully saturated rings. The molecule has 1 atom stereocenters. The van der Waals surface area contributed by atoms with Crippen LogP contribution in [0.15, 0.2) is 24.3 Å². The highest BCUT2D eigenvalue weighted by atomic mass is 16.6. The number of nitro benzene ring substituents is 1. The largest absolute Gasteiger partial charge is 0.480 e. The van der Waals surface area contributed by atoms with E-state index in [0.717, 1.165) is 12.8 Å². The zero-order chi connectivity index (χ0) is 14.9. The Bertz CT molecular complexity index is 582. The summed E-state index contributed by atoms with van der Waals surface area (Å²) in [6, 6.07) is 5.47. The summed E-state index contributed by atoms with van der Waals surface area (Å²) in [5.41, 5.74) is -1.86. The number of amides is 1. The lowest BCUT2D eigenvalue weighted by Crippen LogP contribution is -2.54. The molecule has 0 radical (unpaired) electrons. The van der Waals surface area contributed by atoms with Gasteiger partial charge in [-0.25, -0.2) is 4.79 Å². The van der Waals surface area contributed by atoms with Crippen molar-refractivity contribution in [1.82, 2.24) is 5.32 Å². The number of hydrogen-bond donors (Lipinski definition) is 2.